The number of rotatable bonds is 3. The number of H-pyrrole nitrogens is 1. The van der Waals surface area contributed by atoms with Crippen molar-refractivity contribution in [1.82, 2.24) is 10.3 Å². The Bertz CT molecular complexity index is 1260. The second kappa shape index (κ2) is 6.98. The smallest absolute Gasteiger partial charge is 0.167 e. The molecule has 2 unspecified atom stereocenters. The highest BCUT2D eigenvalue weighted by Crippen LogP contribution is 2.43. The molecule has 2 aromatic heterocycles. The van der Waals surface area contributed by atoms with Crippen molar-refractivity contribution in [3.63, 3.8) is 0 Å². The second-order valence-corrected chi connectivity index (χ2v) is 11.4. The summed E-state index contributed by atoms with van der Waals surface area (Å²) in [5.41, 5.74) is 1.77. The van der Waals surface area contributed by atoms with E-state index >= 15 is 0 Å². The molecule has 7 nitrogen and oxygen atoms in total. The Labute approximate surface area is 182 Å². The van der Waals surface area contributed by atoms with E-state index in [1.807, 2.05) is 30.3 Å². The molecule has 30 heavy (non-hydrogen) atoms. The van der Waals surface area contributed by atoms with E-state index in [4.69, 9.17) is 26.5 Å². The molecule has 0 bridgehead atoms. The fourth-order valence-corrected chi connectivity index (χ4v) is 7.83. The third kappa shape index (κ3) is 2.87. The van der Waals surface area contributed by atoms with Crippen molar-refractivity contribution in [3.8, 4) is 16.3 Å². The summed E-state index contributed by atoms with van der Waals surface area (Å²) in [4.78, 5) is 4.97. The van der Waals surface area contributed by atoms with Crippen LogP contribution in [-0.2, 0) is 14.6 Å². The molecular weight excluding hydrogens is 446 g/mol. The molecule has 2 aliphatic rings. The average molecular weight is 466 g/mol. The molecule has 2 atom stereocenters. The van der Waals surface area contributed by atoms with Crippen molar-refractivity contribution in [3.05, 3.63) is 40.2 Å². The standard InChI is InChI=1S/C20H20ClN3O4S2/c1-27-15-4-2-3-11-7-13(23-17(11)15)16-8-12(21)18(29-16)14-9-30(25,26)20(19(22)24-14)5-6-28-10-20/h2-4,7-8,14,23H,5-6,9-10H2,1H3,(H2,22,24). The van der Waals surface area contributed by atoms with Crippen LogP contribution >= 0.6 is 22.9 Å². The van der Waals surface area contributed by atoms with Gasteiger partial charge in [0.05, 0.1) is 46.6 Å². The van der Waals surface area contributed by atoms with Gasteiger partial charge in [-0.2, -0.15) is 0 Å². The van der Waals surface area contributed by atoms with Crippen LogP contribution < -0.4 is 10.1 Å². The molecule has 1 spiro atoms. The first-order valence-electron chi connectivity index (χ1n) is 9.45. The third-order valence-electron chi connectivity index (χ3n) is 5.87. The molecule has 2 saturated heterocycles. The topological polar surface area (TPSA) is 104 Å². The molecule has 4 heterocycles. The molecule has 0 amide bonds. The predicted octanol–water partition coefficient (Wildman–Crippen LogP) is 3.75. The summed E-state index contributed by atoms with van der Waals surface area (Å²) in [5.74, 6) is 0.635. The lowest BCUT2D eigenvalue weighted by atomic mass is 10.1. The quantitative estimate of drug-likeness (QED) is 0.546. The number of aromatic nitrogens is 1. The molecule has 0 radical (unpaired) electrons. The minimum absolute atomic E-state index is 0.00221. The first kappa shape index (κ1) is 19.9. The molecule has 0 saturated carbocycles. The van der Waals surface area contributed by atoms with E-state index in [1.165, 1.54) is 11.3 Å². The largest absolute Gasteiger partial charge is 0.495 e. The van der Waals surface area contributed by atoms with Gasteiger partial charge in [0, 0.05) is 16.9 Å². The number of nitrogens with one attached hydrogen (secondary N) is 3. The van der Waals surface area contributed by atoms with Crippen LogP contribution in [-0.4, -0.2) is 50.1 Å². The second-order valence-electron chi connectivity index (χ2n) is 7.58. The van der Waals surface area contributed by atoms with E-state index in [0.717, 1.165) is 27.2 Å². The van der Waals surface area contributed by atoms with Crippen molar-refractivity contribution in [2.45, 2.75) is 17.2 Å². The van der Waals surface area contributed by atoms with Crippen molar-refractivity contribution < 1.29 is 17.9 Å². The Balaban J connectivity index is 1.50. The number of thiophene rings is 1. The van der Waals surface area contributed by atoms with E-state index in [1.54, 1.807) is 7.11 Å². The lowest BCUT2D eigenvalue weighted by molar-refractivity contribution is 0.194. The molecule has 5 rings (SSSR count). The van der Waals surface area contributed by atoms with Gasteiger partial charge >= 0.3 is 0 Å². The van der Waals surface area contributed by atoms with Gasteiger partial charge in [0.25, 0.3) is 0 Å². The van der Waals surface area contributed by atoms with E-state index < -0.39 is 20.6 Å². The number of amidine groups is 1. The van der Waals surface area contributed by atoms with Crippen LogP contribution in [0, 0.1) is 5.41 Å². The summed E-state index contributed by atoms with van der Waals surface area (Å²) in [6, 6.07) is 9.10. The lowest BCUT2D eigenvalue weighted by Crippen LogP contribution is -2.60. The van der Waals surface area contributed by atoms with Crippen molar-refractivity contribution in [2.24, 2.45) is 0 Å². The highest BCUT2D eigenvalue weighted by molar-refractivity contribution is 7.93. The minimum Gasteiger partial charge on any atom is -0.495 e. The Morgan fingerprint density at radius 1 is 1.37 bits per heavy atom. The number of para-hydroxylation sites is 1. The number of aromatic amines is 1. The molecule has 1 aromatic carbocycles. The molecule has 3 aromatic rings. The number of fused-ring (bicyclic) bond motifs is 1. The van der Waals surface area contributed by atoms with Crippen LogP contribution in [0.3, 0.4) is 0 Å². The number of hydrogen-bond donors (Lipinski definition) is 3. The highest BCUT2D eigenvalue weighted by Gasteiger charge is 2.55. The summed E-state index contributed by atoms with van der Waals surface area (Å²) in [5, 5.41) is 13.0. The van der Waals surface area contributed by atoms with Crippen molar-refractivity contribution >= 4 is 49.5 Å². The number of methoxy groups -OCH3 is 1. The van der Waals surface area contributed by atoms with E-state index in [2.05, 4.69) is 10.3 Å². The summed E-state index contributed by atoms with van der Waals surface area (Å²) in [7, 11) is -1.93. The first-order chi connectivity index (χ1) is 14.3. The maximum Gasteiger partial charge on any atom is 0.167 e. The Morgan fingerprint density at radius 3 is 2.90 bits per heavy atom. The van der Waals surface area contributed by atoms with E-state index in [0.29, 0.717) is 22.9 Å². The van der Waals surface area contributed by atoms with E-state index in [9.17, 15) is 8.42 Å². The maximum absolute atomic E-state index is 13.1. The minimum atomic E-state index is -3.56. The van der Waals surface area contributed by atoms with Gasteiger partial charge in [0.1, 0.15) is 11.6 Å². The van der Waals surface area contributed by atoms with Gasteiger partial charge in [-0.1, -0.05) is 23.7 Å². The molecular formula is C20H20ClN3O4S2. The Hall–Kier alpha value is -2.07. The maximum atomic E-state index is 13.1. The fourth-order valence-electron chi connectivity index (χ4n) is 4.20. The van der Waals surface area contributed by atoms with Gasteiger partial charge in [0.2, 0.25) is 0 Å². The number of sulfone groups is 1. The van der Waals surface area contributed by atoms with Gasteiger partial charge < -0.3 is 19.8 Å². The average Bonchev–Trinajstić information content (AvgIpc) is 3.43. The SMILES string of the molecule is COc1cccc2cc(-c3cc(Cl)c(C4CS(=O)(=O)C5(CCOC5)C(=N)N4)s3)[nH]c12. The molecule has 3 N–H and O–H groups in total. The lowest BCUT2D eigenvalue weighted by Gasteiger charge is -2.37. The third-order valence-corrected chi connectivity index (χ3v) is 10.1. The fraction of sp³-hybridized carbons (Fsp3) is 0.350. The molecule has 2 fully saturated rings. The Kier molecular flexibility index (Phi) is 4.62. The normalized spacial score (nSPS) is 25.7. The van der Waals surface area contributed by atoms with Crippen LogP contribution in [0.5, 0.6) is 5.75 Å². The Morgan fingerprint density at radius 2 is 2.20 bits per heavy atom. The van der Waals surface area contributed by atoms with Crippen LogP contribution in [0.1, 0.15) is 17.3 Å². The zero-order chi connectivity index (χ0) is 21.1. The first-order valence-corrected chi connectivity index (χ1v) is 12.3. The zero-order valence-corrected chi connectivity index (χ0v) is 18.5. The summed E-state index contributed by atoms with van der Waals surface area (Å²) >= 11 is 7.94. The predicted molar refractivity (Wildman–Crippen MR) is 119 cm³/mol. The monoisotopic (exact) mass is 465 g/mol. The molecule has 2 aliphatic heterocycles. The van der Waals surface area contributed by atoms with Gasteiger partial charge in [-0.25, -0.2) is 8.42 Å². The van der Waals surface area contributed by atoms with Crippen molar-refractivity contribution in [2.75, 3.05) is 26.1 Å². The highest BCUT2D eigenvalue weighted by atomic mass is 35.5. The number of halogens is 1. The van der Waals surface area contributed by atoms with Crippen LogP contribution in [0.25, 0.3) is 21.5 Å². The van der Waals surface area contributed by atoms with Gasteiger partial charge in [-0.3, -0.25) is 5.41 Å². The van der Waals surface area contributed by atoms with Crippen molar-refractivity contribution in [1.29, 1.82) is 5.41 Å². The van der Waals surface area contributed by atoms with Gasteiger partial charge in [-0.05, 0) is 24.6 Å². The molecule has 0 aliphatic carbocycles. The van der Waals surface area contributed by atoms with E-state index in [-0.39, 0.29) is 18.2 Å². The van der Waals surface area contributed by atoms with Crippen LogP contribution in [0.15, 0.2) is 30.3 Å². The van der Waals surface area contributed by atoms with Gasteiger partial charge in [0.15, 0.2) is 14.6 Å². The number of benzene rings is 1. The zero-order valence-electron chi connectivity index (χ0n) is 16.1. The number of ether oxygens (including phenoxy) is 2. The number of hydrogen-bond acceptors (Lipinski definition) is 6. The molecule has 10 heteroatoms. The molecule has 158 valence electrons. The summed E-state index contributed by atoms with van der Waals surface area (Å²) < 4.78 is 35.6. The summed E-state index contributed by atoms with van der Waals surface area (Å²) in [6.07, 6.45) is 0.314. The van der Waals surface area contributed by atoms with Crippen LogP contribution in [0.4, 0.5) is 0 Å². The van der Waals surface area contributed by atoms with Gasteiger partial charge in [-0.15, -0.1) is 11.3 Å². The van der Waals surface area contributed by atoms with Crippen LogP contribution in [0.2, 0.25) is 5.02 Å². The summed E-state index contributed by atoms with van der Waals surface area (Å²) in [6.45, 7) is 0.385.